The molecule has 0 amide bonds. The van der Waals surface area contributed by atoms with Crippen molar-refractivity contribution in [2.45, 2.75) is 19.4 Å². The average molecular weight is 268 g/mol. The molecular weight excluding hydrogens is 254 g/mol. The van der Waals surface area contributed by atoms with E-state index in [2.05, 4.69) is 10.1 Å². The molecule has 0 radical (unpaired) electrons. The predicted octanol–water partition coefficient (Wildman–Crippen LogP) is 2.55. The van der Waals surface area contributed by atoms with E-state index < -0.39 is 0 Å². The number of hydrogen-bond acceptors (Lipinski definition) is 5. The minimum Gasteiger partial charge on any atom is -0.399 e. The molecule has 18 heavy (non-hydrogen) atoms. The number of methoxy groups -OCH3 is 1. The van der Waals surface area contributed by atoms with Gasteiger partial charge in [0.25, 0.3) is 5.89 Å². The molecule has 1 aromatic heterocycles. The summed E-state index contributed by atoms with van der Waals surface area (Å²) >= 11 is 5.92. The van der Waals surface area contributed by atoms with Crippen LogP contribution in [0.25, 0.3) is 11.5 Å². The third-order valence-electron chi connectivity index (χ3n) is 2.51. The molecule has 1 atom stereocenters. The lowest BCUT2D eigenvalue weighted by Crippen LogP contribution is -2.09. The Kier molecular flexibility index (Phi) is 3.84. The van der Waals surface area contributed by atoms with Crippen LogP contribution in [-0.4, -0.2) is 23.4 Å². The van der Waals surface area contributed by atoms with Crippen molar-refractivity contribution in [3.05, 3.63) is 29.0 Å². The van der Waals surface area contributed by atoms with Gasteiger partial charge >= 0.3 is 0 Å². The summed E-state index contributed by atoms with van der Waals surface area (Å²) in [7, 11) is 1.64. The van der Waals surface area contributed by atoms with Gasteiger partial charge in [-0.1, -0.05) is 16.8 Å². The van der Waals surface area contributed by atoms with Gasteiger partial charge in [-0.2, -0.15) is 4.98 Å². The van der Waals surface area contributed by atoms with Gasteiger partial charge in [-0.25, -0.2) is 0 Å². The molecule has 0 bridgehead atoms. The molecule has 0 aliphatic heterocycles. The van der Waals surface area contributed by atoms with Gasteiger partial charge in [-0.05, 0) is 25.1 Å². The normalized spacial score (nSPS) is 12.6. The lowest BCUT2D eigenvalue weighted by atomic mass is 10.2. The van der Waals surface area contributed by atoms with Crippen LogP contribution in [0, 0.1) is 0 Å². The third-order valence-corrected chi connectivity index (χ3v) is 2.73. The molecule has 1 unspecified atom stereocenters. The molecule has 2 aromatic rings. The second kappa shape index (κ2) is 5.37. The fourth-order valence-electron chi connectivity index (χ4n) is 1.53. The van der Waals surface area contributed by atoms with Crippen LogP contribution in [0.15, 0.2) is 22.7 Å². The number of ether oxygens (including phenoxy) is 1. The molecule has 2 rings (SSSR count). The smallest absolute Gasteiger partial charge is 0.258 e. The quantitative estimate of drug-likeness (QED) is 0.862. The minimum absolute atomic E-state index is 0.0416. The SMILES string of the molecule is COC(C)Cc1noc(-c2cc(N)cc(Cl)c2)n1. The average Bonchev–Trinajstić information content (AvgIpc) is 2.76. The highest BCUT2D eigenvalue weighted by Gasteiger charge is 2.12. The van der Waals surface area contributed by atoms with Crippen molar-refractivity contribution in [1.82, 2.24) is 10.1 Å². The van der Waals surface area contributed by atoms with Crippen molar-refractivity contribution in [3.8, 4) is 11.5 Å². The molecule has 0 aliphatic carbocycles. The lowest BCUT2D eigenvalue weighted by molar-refractivity contribution is 0.116. The Bertz CT molecular complexity index is 522. The summed E-state index contributed by atoms with van der Waals surface area (Å²) in [5.41, 5.74) is 6.98. The van der Waals surface area contributed by atoms with Gasteiger partial charge < -0.3 is 15.0 Å². The molecule has 0 aliphatic rings. The van der Waals surface area contributed by atoms with E-state index >= 15 is 0 Å². The fourth-order valence-corrected chi connectivity index (χ4v) is 1.77. The highest BCUT2D eigenvalue weighted by molar-refractivity contribution is 6.31. The zero-order valence-corrected chi connectivity index (χ0v) is 10.9. The maximum atomic E-state index is 5.92. The van der Waals surface area contributed by atoms with E-state index in [1.165, 1.54) is 0 Å². The molecule has 96 valence electrons. The number of benzene rings is 1. The summed E-state index contributed by atoms with van der Waals surface area (Å²) < 4.78 is 10.3. The Labute approximate surface area is 110 Å². The number of halogens is 1. The summed E-state index contributed by atoms with van der Waals surface area (Å²) in [6, 6.07) is 5.13. The molecule has 5 nitrogen and oxygen atoms in total. The van der Waals surface area contributed by atoms with E-state index in [0.717, 1.165) is 0 Å². The van der Waals surface area contributed by atoms with Crippen molar-refractivity contribution in [2.24, 2.45) is 0 Å². The van der Waals surface area contributed by atoms with Crippen molar-refractivity contribution < 1.29 is 9.26 Å². The van der Waals surface area contributed by atoms with Crippen molar-refractivity contribution in [2.75, 3.05) is 12.8 Å². The second-order valence-electron chi connectivity index (χ2n) is 4.04. The Morgan fingerprint density at radius 2 is 2.22 bits per heavy atom. The molecule has 6 heteroatoms. The van der Waals surface area contributed by atoms with Crippen LogP contribution in [0.2, 0.25) is 5.02 Å². The molecule has 0 spiro atoms. The van der Waals surface area contributed by atoms with Crippen molar-refractivity contribution >= 4 is 17.3 Å². The van der Waals surface area contributed by atoms with Crippen LogP contribution >= 0.6 is 11.6 Å². The Balaban J connectivity index is 2.23. The Morgan fingerprint density at radius 1 is 1.44 bits per heavy atom. The first-order valence-corrected chi connectivity index (χ1v) is 5.88. The zero-order chi connectivity index (χ0) is 13.1. The third kappa shape index (κ3) is 3.00. The number of nitrogens with zero attached hydrogens (tertiary/aromatic N) is 2. The first kappa shape index (κ1) is 12.9. The standard InChI is InChI=1S/C12H14ClN3O2/c1-7(17-2)3-11-15-12(18-16-11)8-4-9(13)6-10(14)5-8/h4-7H,3,14H2,1-2H3. The number of anilines is 1. The number of nitrogens with two attached hydrogens (primary N) is 1. The fraction of sp³-hybridized carbons (Fsp3) is 0.333. The van der Waals surface area contributed by atoms with Gasteiger partial charge in [0.1, 0.15) is 0 Å². The first-order chi connectivity index (χ1) is 8.58. The van der Waals surface area contributed by atoms with Gasteiger partial charge in [0, 0.05) is 29.8 Å². The Morgan fingerprint density at radius 3 is 2.89 bits per heavy atom. The van der Waals surface area contributed by atoms with Crippen LogP contribution in [-0.2, 0) is 11.2 Å². The molecule has 0 saturated heterocycles. The number of hydrogen-bond donors (Lipinski definition) is 1. The first-order valence-electron chi connectivity index (χ1n) is 5.50. The van der Waals surface area contributed by atoms with Gasteiger partial charge in [-0.3, -0.25) is 0 Å². The van der Waals surface area contributed by atoms with Gasteiger partial charge in [0.15, 0.2) is 5.82 Å². The maximum Gasteiger partial charge on any atom is 0.258 e. The monoisotopic (exact) mass is 267 g/mol. The van der Waals surface area contributed by atoms with E-state index in [0.29, 0.717) is 34.4 Å². The summed E-state index contributed by atoms with van der Waals surface area (Å²) in [6.45, 7) is 1.94. The Hall–Kier alpha value is -1.59. The molecule has 1 aromatic carbocycles. The predicted molar refractivity (Wildman–Crippen MR) is 69.3 cm³/mol. The van der Waals surface area contributed by atoms with Gasteiger partial charge in [-0.15, -0.1) is 0 Å². The summed E-state index contributed by atoms with van der Waals surface area (Å²) in [4.78, 5) is 4.28. The summed E-state index contributed by atoms with van der Waals surface area (Å²) in [6.07, 6.45) is 0.635. The van der Waals surface area contributed by atoms with E-state index in [1.54, 1.807) is 25.3 Å². The largest absolute Gasteiger partial charge is 0.399 e. The number of nitrogen functional groups attached to an aromatic ring is 1. The summed E-state index contributed by atoms with van der Waals surface area (Å²) in [5, 5.41) is 4.43. The maximum absolute atomic E-state index is 5.92. The highest BCUT2D eigenvalue weighted by atomic mass is 35.5. The van der Waals surface area contributed by atoms with Gasteiger partial charge in [0.2, 0.25) is 0 Å². The minimum atomic E-state index is 0.0416. The van der Waals surface area contributed by atoms with Crippen LogP contribution in [0.4, 0.5) is 5.69 Å². The van der Waals surface area contributed by atoms with E-state index in [1.807, 2.05) is 6.92 Å². The summed E-state index contributed by atoms with van der Waals surface area (Å²) in [5.74, 6) is 1.00. The topological polar surface area (TPSA) is 74.2 Å². The van der Waals surface area contributed by atoms with Crippen LogP contribution < -0.4 is 5.73 Å². The molecule has 0 saturated carbocycles. The van der Waals surface area contributed by atoms with E-state index in [-0.39, 0.29) is 6.10 Å². The lowest BCUT2D eigenvalue weighted by Gasteiger charge is -2.04. The number of aromatic nitrogens is 2. The van der Waals surface area contributed by atoms with Crippen LogP contribution in [0.1, 0.15) is 12.7 Å². The number of rotatable bonds is 4. The van der Waals surface area contributed by atoms with Crippen LogP contribution in [0.3, 0.4) is 0 Å². The second-order valence-corrected chi connectivity index (χ2v) is 4.48. The van der Waals surface area contributed by atoms with E-state index in [9.17, 15) is 0 Å². The van der Waals surface area contributed by atoms with Crippen molar-refractivity contribution in [1.29, 1.82) is 0 Å². The van der Waals surface area contributed by atoms with Crippen LogP contribution in [0.5, 0.6) is 0 Å². The highest BCUT2D eigenvalue weighted by Crippen LogP contribution is 2.24. The van der Waals surface area contributed by atoms with Crippen molar-refractivity contribution in [3.63, 3.8) is 0 Å². The van der Waals surface area contributed by atoms with E-state index in [4.69, 9.17) is 26.6 Å². The molecule has 2 N–H and O–H groups in total. The molecular formula is C12H14ClN3O2. The molecule has 1 heterocycles. The zero-order valence-electron chi connectivity index (χ0n) is 10.2. The molecule has 0 fully saturated rings. The van der Waals surface area contributed by atoms with Gasteiger partial charge in [0.05, 0.1) is 6.10 Å².